The van der Waals surface area contributed by atoms with Crippen LogP contribution in [-0.2, 0) is 4.79 Å². The van der Waals surface area contributed by atoms with E-state index in [1.54, 1.807) is 0 Å². The van der Waals surface area contributed by atoms with Gasteiger partial charge in [-0.05, 0) is 38.2 Å². The number of nitrogens with one attached hydrogen (secondary N) is 1. The second-order valence-electron chi connectivity index (χ2n) is 6.32. The molecule has 2 heterocycles. The molecule has 1 saturated heterocycles. The molecule has 24 heavy (non-hydrogen) atoms. The number of imidazole rings is 1. The van der Waals surface area contributed by atoms with Crippen molar-refractivity contribution in [2.24, 2.45) is 0 Å². The van der Waals surface area contributed by atoms with Gasteiger partial charge in [0.15, 0.2) is 5.16 Å². The van der Waals surface area contributed by atoms with Gasteiger partial charge in [0.1, 0.15) is 0 Å². The van der Waals surface area contributed by atoms with Crippen molar-refractivity contribution in [1.82, 2.24) is 14.9 Å². The van der Waals surface area contributed by atoms with E-state index in [0.717, 1.165) is 42.2 Å². The number of hydrogen-bond donors (Lipinski definition) is 1. The molecular weight excluding hydrogens is 318 g/mol. The number of thioether (sulfide) groups is 1. The van der Waals surface area contributed by atoms with E-state index in [0.29, 0.717) is 6.04 Å². The first-order valence-corrected chi connectivity index (χ1v) is 9.64. The number of amides is 1. The molecule has 0 aliphatic carbocycles. The number of rotatable bonds is 5. The van der Waals surface area contributed by atoms with Crippen molar-refractivity contribution in [3.05, 3.63) is 36.5 Å². The fourth-order valence-corrected chi connectivity index (χ4v) is 4.15. The summed E-state index contributed by atoms with van der Waals surface area (Å²) in [5, 5.41) is 0.687. The molecule has 128 valence electrons. The van der Waals surface area contributed by atoms with Gasteiger partial charge in [-0.2, -0.15) is 0 Å². The summed E-state index contributed by atoms with van der Waals surface area (Å²) >= 11 is 1.52. The highest BCUT2D eigenvalue weighted by atomic mass is 32.2. The Labute approximate surface area is 148 Å². The number of piperidine rings is 1. The molecule has 1 aromatic carbocycles. The largest absolute Gasteiger partial charge is 0.339 e. The van der Waals surface area contributed by atoms with E-state index in [2.05, 4.69) is 33.9 Å². The highest BCUT2D eigenvalue weighted by Gasteiger charge is 2.29. The summed E-state index contributed by atoms with van der Waals surface area (Å²) < 4.78 is 0. The maximum Gasteiger partial charge on any atom is 0.236 e. The number of H-pyrrole nitrogens is 1. The lowest BCUT2D eigenvalue weighted by molar-refractivity contribution is -0.134. The lowest BCUT2D eigenvalue weighted by atomic mass is 10.00. The minimum Gasteiger partial charge on any atom is -0.339 e. The Hall–Kier alpha value is -1.75. The summed E-state index contributed by atoms with van der Waals surface area (Å²) in [5.74, 6) is 0.240. The quantitative estimate of drug-likeness (QED) is 0.821. The van der Waals surface area contributed by atoms with Gasteiger partial charge in [0, 0.05) is 12.6 Å². The number of aromatic nitrogens is 2. The number of likely N-dealkylation sites (tertiary alicyclic amines) is 1. The van der Waals surface area contributed by atoms with Gasteiger partial charge in [-0.3, -0.25) is 4.79 Å². The minimum absolute atomic E-state index is 0.119. The fraction of sp³-hybridized carbons (Fsp3) is 0.474. The van der Waals surface area contributed by atoms with Gasteiger partial charge in [0.25, 0.3) is 0 Å². The third-order valence-electron chi connectivity index (χ3n) is 4.65. The summed E-state index contributed by atoms with van der Waals surface area (Å²) in [6.07, 6.45) is 6.38. The van der Waals surface area contributed by atoms with Crippen LogP contribution in [0.5, 0.6) is 0 Å². The molecule has 1 aromatic heterocycles. The van der Waals surface area contributed by atoms with Crippen LogP contribution < -0.4 is 0 Å². The van der Waals surface area contributed by atoms with E-state index in [4.69, 9.17) is 0 Å². The Morgan fingerprint density at radius 1 is 1.38 bits per heavy atom. The van der Waals surface area contributed by atoms with Crippen LogP contribution in [0.25, 0.3) is 11.3 Å². The summed E-state index contributed by atoms with van der Waals surface area (Å²) in [5.41, 5.74) is 2.10. The molecule has 0 unspecified atom stereocenters. The van der Waals surface area contributed by atoms with Crippen LogP contribution >= 0.6 is 11.8 Å². The number of nitrogens with zero attached hydrogens (tertiary/aromatic N) is 2. The van der Waals surface area contributed by atoms with E-state index in [-0.39, 0.29) is 11.2 Å². The van der Waals surface area contributed by atoms with Gasteiger partial charge in [-0.15, -0.1) is 0 Å². The minimum atomic E-state index is -0.119. The molecule has 1 aliphatic rings. The number of hydrogen-bond acceptors (Lipinski definition) is 3. The Kier molecular flexibility index (Phi) is 5.61. The van der Waals surface area contributed by atoms with Crippen LogP contribution in [0, 0.1) is 0 Å². The Balaban J connectivity index is 1.65. The van der Waals surface area contributed by atoms with Crippen molar-refractivity contribution in [3.8, 4) is 11.3 Å². The van der Waals surface area contributed by atoms with Crippen LogP contribution in [-0.4, -0.2) is 38.6 Å². The molecule has 3 rings (SSSR count). The van der Waals surface area contributed by atoms with Gasteiger partial charge < -0.3 is 9.88 Å². The molecule has 0 radical (unpaired) electrons. The number of carbonyl (C=O) groups is 1. The van der Waals surface area contributed by atoms with Crippen molar-refractivity contribution in [1.29, 1.82) is 0 Å². The van der Waals surface area contributed by atoms with Gasteiger partial charge in [0.2, 0.25) is 5.91 Å². The number of benzene rings is 1. The zero-order chi connectivity index (χ0) is 16.9. The van der Waals surface area contributed by atoms with Gasteiger partial charge in [0.05, 0.1) is 17.1 Å². The normalized spacial score (nSPS) is 19.2. The summed E-state index contributed by atoms with van der Waals surface area (Å²) in [4.78, 5) is 22.7. The maximum absolute atomic E-state index is 12.8. The molecule has 1 aliphatic heterocycles. The van der Waals surface area contributed by atoms with Gasteiger partial charge in [-0.25, -0.2) is 4.98 Å². The Bertz CT molecular complexity index is 670. The monoisotopic (exact) mass is 343 g/mol. The van der Waals surface area contributed by atoms with Crippen LogP contribution in [0.1, 0.15) is 39.5 Å². The first-order chi connectivity index (χ1) is 11.7. The second-order valence-corrected chi connectivity index (χ2v) is 7.65. The lowest BCUT2D eigenvalue weighted by Crippen LogP contribution is -2.46. The van der Waals surface area contributed by atoms with Crippen LogP contribution in [0.3, 0.4) is 0 Å². The van der Waals surface area contributed by atoms with E-state index in [1.165, 1.54) is 18.2 Å². The Morgan fingerprint density at radius 2 is 2.17 bits per heavy atom. The predicted molar refractivity (Wildman–Crippen MR) is 99.0 cm³/mol. The van der Waals surface area contributed by atoms with Crippen molar-refractivity contribution in [3.63, 3.8) is 0 Å². The van der Waals surface area contributed by atoms with E-state index < -0.39 is 0 Å². The van der Waals surface area contributed by atoms with Gasteiger partial charge >= 0.3 is 0 Å². The standard InChI is InChI=1S/C19H25N3OS/c1-3-16-11-7-8-12-22(16)18(23)14(2)24-19-20-13-17(21-19)15-9-5-4-6-10-15/h4-6,9-10,13-14,16H,3,7-8,11-12H2,1-2H3,(H,20,21)/t14-,16+/m0/s1. The highest BCUT2D eigenvalue weighted by molar-refractivity contribution is 8.00. The predicted octanol–water partition coefficient (Wildman–Crippen LogP) is 4.35. The van der Waals surface area contributed by atoms with Gasteiger partial charge in [-0.1, -0.05) is 49.0 Å². The second kappa shape index (κ2) is 7.88. The van der Waals surface area contributed by atoms with Crippen LogP contribution in [0.15, 0.2) is 41.7 Å². The van der Waals surface area contributed by atoms with E-state index >= 15 is 0 Å². The fourth-order valence-electron chi connectivity index (χ4n) is 3.29. The third-order valence-corrected chi connectivity index (χ3v) is 5.64. The Morgan fingerprint density at radius 3 is 2.92 bits per heavy atom. The molecule has 0 bridgehead atoms. The first-order valence-electron chi connectivity index (χ1n) is 8.76. The van der Waals surface area contributed by atoms with Crippen LogP contribution in [0.2, 0.25) is 0 Å². The first kappa shape index (κ1) is 17.1. The van der Waals surface area contributed by atoms with Crippen molar-refractivity contribution in [2.75, 3.05) is 6.54 Å². The van der Waals surface area contributed by atoms with E-state index in [1.807, 2.05) is 31.3 Å². The average Bonchev–Trinajstić information content (AvgIpc) is 3.10. The number of aromatic amines is 1. The SMILES string of the molecule is CC[C@@H]1CCCCN1C(=O)[C@H](C)Sc1ncc(-c2ccccc2)[nH]1. The van der Waals surface area contributed by atoms with Crippen molar-refractivity contribution < 1.29 is 4.79 Å². The average molecular weight is 343 g/mol. The molecule has 2 atom stereocenters. The molecule has 1 N–H and O–H groups in total. The summed E-state index contributed by atoms with van der Waals surface area (Å²) in [6, 6.07) is 10.5. The molecule has 0 saturated carbocycles. The molecule has 1 amide bonds. The third kappa shape index (κ3) is 3.83. The lowest BCUT2D eigenvalue weighted by Gasteiger charge is -2.36. The molecule has 2 aromatic rings. The summed E-state index contributed by atoms with van der Waals surface area (Å²) in [7, 11) is 0. The summed E-state index contributed by atoms with van der Waals surface area (Å²) in [6.45, 7) is 5.06. The molecule has 4 nitrogen and oxygen atoms in total. The zero-order valence-electron chi connectivity index (χ0n) is 14.4. The maximum atomic E-state index is 12.8. The smallest absolute Gasteiger partial charge is 0.236 e. The molecule has 5 heteroatoms. The topological polar surface area (TPSA) is 49.0 Å². The van der Waals surface area contributed by atoms with Crippen LogP contribution in [0.4, 0.5) is 0 Å². The van der Waals surface area contributed by atoms with Crippen molar-refractivity contribution in [2.45, 2.75) is 56.0 Å². The molecule has 1 fully saturated rings. The zero-order valence-corrected chi connectivity index (χ0v) is 15.2. The highest BCUT2D eigenvalue weighted by Crippen LogP contribution is 2.28. The molecule has 0 spiro atoms. The van der Waals surface area contributed by atoms with E-state index in [9.17, 15) is 4.79 Å². The van der Waals surface area contributed by atoms with Crippen molar-refractivity contribution >= 4 is 17.7 Å². The molecular formula is C19H25N3OS. The number of carbonyl (C=O) groups excluding carboxylic acids is 1.